The third-order valence-electron chi connectivity index (χ3n) is 2.63. The summed E-state index contributed by atoms with van der Waals surface area (Å²) >= 11 is 12.0. The van der Waals surface area contributed by atoms with Crippen molar-refractivity contribution in [2.45, 2.75) is 20.3 Å². The summed E-state index contributed by atoms with van der Waals surface area (Å²) in [5.41, 5.74) is 2.93. The summed E-state index contributed by atoms with van der Waals surface area (Å²) in [5, 5.41) is 1.24. The molecule has 0 unspecified atom stereocenters. The summed E-state index contributed by atoms with van der Waals surface area (Å²) in [6.07, 6.45) is 0.640. The second-order valence-corrected chi connectivity index (χ2v) is 4.74. The van der Waals surface area contributed by atoms with Gasteiger partial charge in [-0.2, -0.15) is 0 Å². The molecule has 0 saturated carbocycles. The lowest BCUT2D eigenvalue weighted by Gasteiger charge is -2.06. The Kier molecular flexibility index (Phi) is 3.65. The van der Waals surface area contributed by atoms with Crippen LogP contribution in [-0.4, -0.2) is 9.97 Å². The van der Waals surface area contributed by atoms with Gasteiger partial charge in [0.1, 0.15) is 11.0 Å². The van der Waals surface area contributed by atoms with E-state index in [0.29, 0.717) is 11.6 Å². The van der Waals surface area contributed by atoms with Crippen molar-refractivity contribution in [2.24, 2.45) is 0 Å². The molecule has 0 radical (unpaired) electrons. The van der Waals surface area contributed by atoms with Crippen molar-refractivity contribution in [1.82, 2.24) is 9.97 Å². The molecular formula is C13H12Cl2N2. The molecule has 0 aliphatic rings. The van der Waals surface area contributed by atoms with E-state index < -0.39 is 0 Å². The fourth-order valence-corrected chi connectivity index (χ4v) is 2.00. The molecule has 2 aromatic rings. The van der Waals surface area contributed by atoms with Gasteiger partial charge in [0.05, 0.1) is 0 Å². The maximum Gasteiger partial charge on any atom is 0.135 e. The standard InChI is InChI=1S/C13H12Cl2N2/c1-8-9(2)16-12(17-13(8)15)7-10-4-3-5-11(14)6-10/h3-6H,7H2,1-2H3. The monoisotopic (exact) mass is 266 g/mol. The average molecular weight is 267 g/mol. The van der Waals surface area contributed by atoms with E-state index in [1.165, 1.54) is 0 Å². The predicted molar refractivity (Wildman–Crippen MR) is 70.8 cm³/mol. The minimum Gasteiger partial charge on any atom is -0.238 e. The van der Waals surface area contributed by atoms with Gasteiger partial charge in [0.25, 0.3) is 0 Å². The van der Waals surface area contributed by atoms with Crippen molar-refractivity contribution >= 4 is 23.2 Å². The highest BCUT2D eigenvalue weighted by atomic mass is 35.5. The quantitative estimate of drug-likeness (QED) is 0.769. The molecule has 0 amide bonds. The van der Waals surface area contributed by atoms with E-state index in [0.717, 1.165) is 27.7 Å². The molecule has 2 rings (SSSR count). The largest absolute Gasteiger partial charge is 0.238 e. The highest BCUT2D eigenvalue weighted by Gasteiger charge is 2.06. The van der Waals surface area contributed by atoms with E-state index in [1.54, 1.807) is 0 Å². The Labute approximate surface area is 111 Å². The van der Waals surface area contributed by atoms with E-state index >= 15 is 0 Å². The molecule has 0 atom stereocenters. The van der Waals surface area contributed by atoms with Crippen LogP contribution in [-0.2, 0) is 6.42 Å². The normalized spacial score (nSPS) is 10.6. The average Bonchev–Trinajstić information content (AvgIpc) is 2.26. The van der Waals surface area contributed by atoms with Crippen molar-refractivity contribution in [3.8, 4) is 0 Å². The molecular weight excluding hydrogens is 255 g/mol. The molecule has 0 fully saturated rings. The van der Waals surface area contributed by atoms with E-state index in [1.807, 2.05) is 38.1 Å². The zero-order valence-corrected chi connectivity index (χ0v) is 11.2. The molecule has 17 heavy (non-hydrogen) atoms. The third kappa shape index (κ3) is 2.96. The Balaban J connectivity index is 2.31. The zero-order chi connectivity index (χ0) is 12.4. The SMILES string of the molecule is Cc1nc(Cc2cccc(Cl)c2)nc(Cl)c1C. The first-order valence-electron chi connectivity index (χ1n) is 5.30. The van der Waals surface area contributed by atoms with Gasteiger partial charge in [-0.3, -0.25) is 0 Å². The second-order valence-electron chi connectivity index (χ2n) is 3.95. The molecule has 0 aliphatic heterocycles. The molecule has 88 valence electrons. The Morgan fingerprint density at radius 2 is 1.88 bits per heavy atom. The Morgan fingerprint density at radius 1 is 1.12 bits per heavy atom. The van der Waals surface area contributed by atoms with Crippen LogP contribution in [0.3, 0.4) is 0 Å². The lowest BCUT2D eigenvalue weighted by molar-refractivity contribution is 0.927. The van der Waals surface area contributed by atoms with Gasteiger partial charge in [-0.25, -0.2) is 9.97 Å². The number of rotatable bonds is 2. The topological polar surface area (TPSA) is 25.8 Å². The van der Waals surface area contributed by atoms with Gasteiger partial charge in [-0.15, -0.1) is 0 Å². The molecule has 0 saturated heterocycles. The van der Waals surface area contributed by atoms with Crippen LogP contribution in [0.25, 0.3) is 0 Å². The maximum atomic E-state index is 6.04. The van der Waals surface area contributed by atoms with Crippen LogP contribution in [0.15, 0.2) is 24.3 Å². The number of aryl methyl sites for hydroxylation is 1. The smallest absolute Gasteiger partial charge is 0.135 e. The highest BCUT2D eigenvalue weighted by Crippen LogP contribution is 2.17. The van der Waals surface area contributed by atoms with Gasteiger partial charge in [-0.05, 0) is 31.5 Å². The van der Waals surface area contributed by atoms with Crippen molar-refractivity contribution in [3.05, 3.63) is 57.1 Å². The highest BCUT2D eigenvalue weighted by molar-refractivity contribution is 6.30. The fourth-order valence-electron chi connectivity index (χ4n) is 1.56. The predicted octanol–water partition coefficient (Wildman–Crippen LogP) is 3.99. The molecule has 0 bridgehead atoms. The van der Waals surface area contributed by atoms with Crippen molar-refractivity contribution < 1.29 is 0 Å². The molecule has 1 aromatic heterocycles. The van der Waals surface area contributed by atoms with Crippen LogP contribution in [0.5, 0.6) is 0 Å². The zero-order valence-electron chi connectivity index (χ0n) is 9.67. The molecule has 0 spiro atoms. The van der Waals surface area contributed by atoms with Gasteiger partial charge in [0.2, 0.25) is 0 Å². The lowest BCUT2D eigenvalue weighted by atomic mass is 10.1. The summed E-state index contributed by atoms with van der Waals surface area (Å²) in [7, 11) is 0. The number of hydrogen-bond donors (Lipinski definition) is 0. The molecule has 1 heterocycles. The summed E-state index contributed by atoms with van der Waals surface area (Å²) in [4.78, 5) is 8.69. The Hall–Kier alpha value is -1.12. The third-order valence-corrected chi connectivity index (χ3v) is 3.23. The van der Waals surface area contributed by atoms with Crippen molar-refractivity contribution in [1.29, 1.82) is 0 Å². The fraction of sp³-hybridized carbons (Fsp3) is 0.231. The number of aromatic nitrogens is 2. The molecule has 0 N–H and O–H groups in total. The first-order chi connectivity index (χ1) is 8.06. The minimum atomic E-state index is 0.523. The Bertz CT molecular complexity index is 530. The van der Waals surface area contributed by atoms with Crippen LogP contribution in [0.2, 0.25) is 10.2 Å². The van der Waals surface area contributed by atoms with E-state index in [-0.39, 0.29) is 0 Å². The summed E-state index contributed by atoms with van der Waals surface area (Å²) < 4.78 is 0. The van der Waals surface area contributed by atoms with Crippen LogP contribution in [0, 0.1) is 13.8 Å². The molecule has 0 aliphatic carbocycles. The van der Waals surface area contributed by atoms with Crippen LogP contribution >= 0.6 is 23.2 Å². The molecule has 2 nitrogen and oxygen atoms in total. The van der Waals surface area contributed by atoms with Crippen LogP contribution < -0.4 is 0 Å². The van der Waals surface area contributed by atoms with Gasteiger partial charge >= 0.3 is 0 Å². The van der Waals surface area contributed by atoms with E-state index in [4.69, 9.17) is 23.2 Å². The van der Waals surface area contributed by atoms with E-state index in [9.17, 15) is 0 Å². The second kappa shape index (κ2) is 5.03. The summed E-state index contributed by atoms with van der Waals surface area (Å²) in [6.45, 7) is 3.85. The van der Waals surface area contributed by atoms with E-state index in [2.05, 4.69) is 9.97 Å². The van der Waals surface area contributed by atoms with Gasteiger partial charge in [-0.1, -0.05) is 35.3 Å². The number of benzene rings is 1. The van der Waals surface area contributed by atoms with Crippen LogP contribution in [0.1, 0.15) is 22.6 Å². The lowest BCUT2D eigenvalue weighted by Crippen LogP contribution is -2.01. The van der Waals surface area contributed by atoms with Crippen molar-refractivity contribution in [2.75, 3.05) is 0 Å². The maximum absolute atomic E-state index is 6.04. The van der Waals surface area contributed by atoms with Crippen LogP contribution in [0.4, 0.5) is 0 Å². The Morgan fingerprint density at radius 3 is 2.53 bits per heavy atom. The van der Waals surface area contributed by atoms with Gasteiger partial charge < -0.3 is 0 Å². The van der Waals surface area contributed by atoms with Crippen molar-refractivity contribution in [3.63, 3.8) is 0 Å². The summed E-state index contributed by atoms with van der Waals surface area (Å²) in [5.74, 6) is 0.723. The number of hydrogen-bond acceptors (Lipinski definition) is 2. The number of halogens is 2. The summed E-state index contributed by atoms with van der Waals surface area (Å²) in [6, 6.07) is 7.67. The first-order valence-corrected chi connectivity index (χ1v) is 6.06. The molecule has 1 aromatic carbocycles. The first kappa shape index (κ1) is 12.3. The van der Waals surface area contributed by atoms with Gasteiger partial charge in [0, 0.05) is 22.7 Å². The molecule has 4 heteroatoms. The number of nitrogens with zero attached hydrogens (tertiary/aromatic N) is 2. The van der Waals surface area contributed by atoms with Gasteiger partial charge in [0.15, 0.2) is 0 Å². The minimum absolute atomic E-state index is 0.523.